The first-order valence-electron chi connectivity index (χ1n) is 6.51. The minimum atomic E-state index is -1.21. The van der Waals surface area contributed by atoms with Crippen molar-refractivity contribution in [3.63, 3.8) is 0 Å². The van der Waals surface area contributed by atoms with Gasteiger partial charge in [0.25, 0.3) is 0 Å². The van der Waals surface area contributed by atoms with E-state index in [-0.39, 0.29) is 25.4 Å². The van der Waals surface area contributed by atoms with Gasteiger partial charge >= 0.3 is 11.9 Å². The largest absolute Gasteiger partial charge is 0.465 e. The van der Waals surface area contributed by atoms with Crippen LogP contribution in [0.5, 0.6) is 0 Å². The van der Waals surface area contributed by atoms with Crippen molar-refractivity contribution in [3.05, 3.63) is 35.9 Å². The summed E-state index contributed by atoms with van der Waals surface area (Å²) in [7, 11) is 0. The van der Waals surface area contributed by atoms with Gasteiger partial charge in [0.2, 0.25) is 0 Å². The molecule has 0 N–H and O–H groups in total. The van der Waals surface area contributed by atoms with Crippen molar-refractivity contribution in [1.82, 2.24) is 0 Å². The molecule has 0 amide bonds. The highest BCUT2D eigenvalue weighted by Gasteiger charge is 2.32. The summed E-state index contributed by atoms with van der Waals surface area (Å²) in [6.45, 7) is 3.57. The molecule has 1 aromatic rings. The van der Waals surface area contributed by atoms with Crippen LogP contribution in [0.15, 0.2) is 30.3 Å². The zero-order chi connectivity index (χ0) is 15.0. The first kappa shape index (κ1) is 15.9. The van der Waals surface area contributed by atoms with Crippen LogP contribution in [0.4, 0.5) is 0 Å². The third-order valence-corrected chi connectivity index (χ3v) is 2.63. The molecule has 5 nitrogen and oxygen atoms in total. The number of ketones is 1. The fourth-order valence-corrected chi connectivity index (χ4v) is 1.68. The molecular formula is C15H18O5. The molecular weight excluding hydrogens is 260 g/mol. The molecule has 0 unspecified atom stereocenters. The standard InChI is InChI=1S/C15H18O5/c1-3-19-14(17)12(15(18)20-4-2)10-13(16)11-8-6-5-7-9-11/h5-9,12H,3-4,10H2,1-2H3. The molecule has 0 aromatic heterocycles. The summed E-state index contributed by atoms with van der Waals surface area (Å²) < 4.78 is 9.63. The molecule has 5 heteroatoms. The van der Waals surface area contributed by atoms with Crippen molar-refractivity contribution in [3.8, 4) is 0 Å². The van der Waals surface area contributed by atoms with Crippen molar-refractivity contribution in [2.24, 2.45) is 5.92 Å². The summed E-state index contributed by atoms with van der Waals surface area (Å²) in [4.78, 5) is 35.6. The highest BCUT2D eigenvalue weighted by atomic mass is 16.6. The molecule has 0 aliphatic rings. The van der Waals surface area contributed by atoms with E-state index in [1.165, 1.54) is 0 Å². The molecule has 0 bridgehead atoms. The Morgan fingerprint density at radius 1 is 0.950 bits per heavy atom. The second kappa shape index (κ2) is 8.09. The average Bonchev–Trinajstić information content (AvgIpc) is 2.45. The Kier molecular flexibility index (Phi) is 6.43. The first-order chi connectivity index (χ1) is 9.60. The predicted molar refractivity (Wildman–Crippen MR) is 72.1 cm³/mol. The maximum atomic E-state index is 12.1. The summed E-state index contributed by atoms with van der Waals surface area (Å²) in [5.74, 6) is -2.95. The van der Waals surface area contributed by atoms with Crippen molar-refractivity contribution >= 4 is 17.7 Å². The van der Waals surface area contributed by atoms with Gasteiger partial charge in [-0.25, -0.2) is 0 Å². The van der Waals surface area contributed by atoms with Crippen molar-refractivity contribution in [1.29, 1.82) is 0 Å². The molecule has 0 fully saturated rings. The van der Waals surface area contributed by atoms with E-state index in [0.717, 1.165) is 0 Å². The minimum absolute atomic E-state index is 0.147. The molecule has 0 atom stereocenters. The van der Waals surface area contributed by atoms with Crippen LogP contribution >= 0.6 is 0 Å². The van der Waals surface area contributed by atoms with Gasteiger partial charge in [0, 0.05) is 12.0 Å². The minimum Gasteiger partial charge on any atom is -0.465 e. The van der Waals surface area contributed by atoms with Crippen molar-refractivity contribution < 1.29 is 23.9 Å². The lowest BCUT2D eigenvalue weighted by atomic mass is 9.98. The summed E-state index contributed by atoms with van der Waals surface area (Å²) in [5, 5.41) is 0. The quantitative estimate of drug-likeness (QED) is 0.433. The molecule has 20 heavy (non-hydrogen) atoms. The number of ether oxygens (including phenoxy) is 2. The number of hydrogen-bond acceptors (Lipinski definition) is 5. The average molecular weight is 278 g/mol. The van der Waals surface area contributed by atoms with E-state index in [1.54, 1.807) is 44.2 Å². The van der Waals surface area contributed by atoms with Gasteiger partial charge in [0.15, 0.2) is 11.7 Å². The topological polar surface area (TPSA) is 69.7 Å². The summed E-state index contributed by atoms with van der Waals surface area (Å²) in [6, 6.07) is 8.49. The molecule has 1 rings (SSSR count). The number of rotatable bonds is 7. The van der Waals surface area contributed by atoms with Gasteiger partial charge in [0.1, 0.15) is 0 Å². The summed E-state index contributed by atoms with van der Waals surface area (Å²) in [6.07, 6.45) is -0.248. The van der Waals surface area contributed by atoms with E-state index in [1.807, 2.05) is 0 Å². The third-order valence-electron chi connectivity index (χ3n) is 2.63. The number of esters is 2. The van der Waals surface area contributed by atoms with E-state index in [9.17, 15) is 14.4 Å². The molecule has 0 saturated heterocycles. The van der Waals surface area contributed by atoms with E-state index >= 15 is 0 Å². The van der Waals surface area contributed by atoms with Crippen LogP contribution in [0.2, 0.25) is 0 Å². The smallest absolute Gasteiger partial charge is 0.320 e. The van der Waals surface area contributed by atoms with Crippen LogP contribution in [0, 0.1) is 5.92 Å². The van der Waals surface area contributed by atoms with Gasteiger partial charge in [-0.15, -0.1) is 0 Å². The van der Waals surface area contributed by atoms with Gasteiger partial charge < -0.3 is 9.47 Å². The Balaban J connectivity index is 2.81. The maximum Gasteiger partial charge on any atom is 0.320 e. The molecule has 1 aromatic carbocycles. The van der Waals surface area contributed by atoms with E-state index in [4.69, 9.17) is 9.47 Å². The van der Waals surface area contributed by atoms with Crippen LogP contribution in [0.25, 0.3) is 0 Å². The van der Waals surface area contributed by atoms with E-state index < -0.39 is 17.9 Å². The Bertz CT molecular complexity index is 448. The van der Waals surface area contributed by atoms with Crippen LogP contribution in [0.1, 0.15) is 30.6 Å². The highest BCUT2D eigenvalue weighted by Crippen LogP contribution is 2.14. The van der Waals surface area contributed by atoms with Crippen LogP contribution in [0.3, 0.4) is 0 Å². The summed E-state index contributed by atoms with van der Waals surface area (Å²) >= 11 is 0. The summed E-state index contributed by atoms with van der Waals surface area (Å²) in [5.41, 5.74) is 0.450. The van der Waals surface area contributed by atoms with Gasteiger partial charge in [-0.1, -0.05) is 30.3 Å². The lowest BCUT2D eigenvalue weighted by molar-refractivity contribution is -0.161. The Morgan fingerprint density at radius 3 is 1.90 bits per heavy atom. The SMILES string of the molecule is CCOC(=O)C(CC(=O)c1ccccc1)C(=O)OCC. The Hall–Kier alpha value is -2.17. The monoisotopic (exact) mass is 278 g/mol. The lowest BCUT2D eigenvalue weighted by Crippen LogP contribution is -2.30. The normalized spacial score (nSPS) is 10.2. The number of Topliss-reactive ketones (excluding diaryl/α,β-unsaturated/α-hetero) is 1. The molecule has 0 aliphatic carbocycles. The second-order valence-electron chi connectivity index (χ2n) is 4.05. The van der Waals surface area contributed by atoms with Crippen LogP contribution < -0.4 is 0 Å². The van der Waals surface area contributed by atoms with Crippen LogP contribution in [-0.2, 0) is 19.1 Å². The molecule has 0 heterocycles. The maximum absolute atomic E-state index is 12.1. The third kappa shape index (κ3) is 4.50. The lowest BCUT2D eigenvalue weighted by Gasteiger charge is -2.13. The number of carbonyl (C=O) groups excluding carboxylic acids is 3. The number of carbonyl (C=O) groups is 3. The van der Waals surface area contributed by atoms with Crippen molar-refractivity contribution in [2.45, 2.75) is 20.3 Å². The molecule has 0 radical (unpaired) electrons. The molecule has 108 valence electrons. The number of benzene rings is 1. The van der Waals surface area contributed by atoms with Gasteiger partial charge in [0.05, 0.1) is 13.2 Å². The second-order valence-corrected chi connectivity index (χ2v) is 4.05. The zero-order valence-electron chi connectivity index (χ0n) is 11.6. The first-order valence-corrected chi connectivity index (χ1v) is 6.51. The zero-order valence-corrected chi connectivity index (χ0v) is 11.6. The van der Waals surface area contributed by atoms with Gasteiger partial charge in [-0.3, -0.25) is 14.4 Å². The molecule has 0 aliphatic heterocycles. The fraction of sp³-hybridized carbons (Fsp3) is 0.400. The van der Waals surface area contributed by atoms with Crippen LogP contribution in [-0.4, -0.2) is 30.9 Å². The van der Waals surface area contributed by atoms with E-state index in [0.29, 0.717) is 5.56 Å². The number of hydrogen-bond donors (Lipinski definition) is 0. The van der Waals surface area contributed by atoms with Gasteiger partial charge in [-0.05, 0) is 13.8 Å². The molecule has 0 saturated carbocycles. The van der Waals surface area contributed by atoms with Crippen molar-refractivity contribution in [2.75, 3.05) is 13.2 Å². The Morgan fingerprint density at radius 2 is 1.45 bits per heavy atom. The molecule has 0 spiro atoms. The fourth-order valence-electron chi connectivity index (χ4n) is 1.68. The highest BCUT2D eigenvalue weighted by molar-refractivity contribution is 6.04. The Labute approximate surface area is 117 Å². The predicted octanol–water partition coefficient (Wildman–Crippen LogP) is 2.00. The van der Waals surface area contributed by atoms with E-state index in [2.05, 4.69) is 0 Å². The van der Waals surface area contributed by atoms with Gasteiger partial charge in [-0.2, -0.15) is 0 Å².